The predicted molar refractivity (Wildman–Crippen MR) is 59.6 cm³/mol. The number of nitriles is 1. The molecule has 5 heteroatoms. The van der Waals surface area contributed by atoms with Crippen molar-refractivity contribution in [2.24, 2.45) is 17.3 Å². The third-order valence-corrected chi connectivity index (χ3v) is 4.38. The van der Waals surface area contributed by atoms with E-state index in [-0.39, 0.29) is 12.0 Å². The van der Waals surface area contributed by atoms with Crippen LogP contribution in [-0.2, 0) is 4.74 Å². The average Bonchev–Trinajstić information content (AvgIpc) is 2.87. The number of halogens is 3. The largest absolute Gasteiger partial charge is 0.411 e. The van der Waals surface area contributed by atoms with Crippen molar-refractivity contribution in [1.82, 2.24) is 0 Å². The molecule has 2 aliphatic rings. The monoisotopic (exact) mass is 261 g/mol. The zero-order valence-corrected chi connectivity index (χ0v) is 10.3. The first kappa shape index (κ1) is 13.7. The molecule has 102 valence electrons. The van der Waals surface area contributed by atoms with Gasteiger partial charge in [0, 0.05) is 6.61 Å². The Morgan fingerprint density at radius 3 is 2.61 bits per heavy atom. The number of rotatable bonds is 5. The van der Waals surface area contributed by atoms with Crippen molar-refractivity contribution < 1.29 is 17.9 Å². The van der Waals surface area contributed by atoms with Crippen molar-refractivity contribution >= 4 is 0 Å². The van der Waals surface area contributed by atoms with Gasteiger partial charge in [0.1, 0.15) is 6.61 Å². The summed E-state index contributed by atoms with van der Waals surface area (Å²) in [5, 5.41) is 9.35. The van der Waals surface area contributed by atoms with Crippen LogP contribution in [0.25, 0.3) is 0 Å². The molecule has 0 spiro atoms. The van der Waals surface area contributed by atoms with Crippen LogP contribution in [-0.4, -0.2) is 19.4 Å². The second kappa shape index (κ2) is 5.08. The summed E-state index contributed by atoms with van der Waals surface area (Å²) in [6.07, 6.45) is 1.39. The number of hydrogen-bond acceptors (Lipinski definition) is 2. The highest BCUT2D eigenvalue weighted by Crippen LogP contribution is 2.57. The lowest BCUT2D eigenvalue weighted by atomic mass is 9.71. The Kier molecular flexibility index (Phi) is 3.86. The van der Waals surface area contributed by atoms with Gasteiger partial charge in [-0.05, 0) is 43.9 Å². The van der Waals surface area contributed by atoms with Crippen molar-refractivity contribution in [3.05, 3.63) is 0 Å². The van der Waals surface area contributed by atoms with Crippen LogP contribution in [0.2, 0.25) is 0 Å². The van der Waals surface area contributed by atoms with Crippen molar-refractivity contribution in [2.75, 3.05) is 13.2 Å². The molecule has 0 heterocycles. The summed E-state index contributed by atoms with van der Waals surface area (Å²) in [7, 11) is 0. The molecule has 3 unspecified atom stereocenters. The molecule has 2 saturated carbocycles. The summed E-state index contributed by atoms with van der Waals surface area (Å²) in [5.74, 6) is 1.14. The fraction of sp³-hybridized carbons (Fsp3) is 0.923. The molecule has 0 radical (unpaired) electrons. The Morgan fingerprint density at radius 2 is 2.11 bits per heavy atom. The van der Waals surface area contributed by atoms with Crippen LogP contribution in [0.3, 0.4) is 0 Å². The standard InChI is InChI=1S/C13H18F3NO/c14-13(15,16)9-18-5-1-4-12(8-17)7-10-2-3-11(12)6-10/h10-11H,1-7,9H2. The number of nitrogens with zero attached hydrogens (tertiary/aromatic N) is 1. The third-order valence-electron chi connectivity index (χ3n) is 4.38. The molecule has 2 fully saturated rings. The zero-order chi connectivity index (χ0) is 13.2. The summed E-state index contributed by atoms with van der Waals surface area (Å²) >= 11 is 0. The van der Waals surface area contributed by atoms with Crippen molar-refractivity contribution in [3.8, 4) is 6.07 Å². The Labute approximate surface area is 105 Å². The van der Waals surface area contributed by atoms with E-state index in [0.717, 1.165) is 19.3 Å². The van der Waals surface area contributed by atoms with Crippen LogP contribution in [0.15, 0.2) is 0 Å². The van der Waals surface area contributed by atoms with Crippen LogP contribution < -0.4 is 0 Å². The minimum absolute atomic E-state index is 0.0975. The van der Waals surface area contributed by atoms with Gasteiger partial charge in [0.25, 0.3) is 0 Å². The van der Waals surface area contributed by atoms with Gasteiger partial charge in [-0.3, -0.25) is 0 Å². The van der Waals surface area contributed by atoms with Gasteiger partial charge in [-0.25, -0.2) is 0 Å². The summed E-state index contributed by atoms with van der Waals surface area (Å²) < 4.78 is 40.2. The molecular weight excluding hydrogens is 243 g/mol. The van der Waals surface area contributed by atoms with E-state index in [1.54, 1.807) is 0 Å². The van der Waals surface area contributed by atoms with Crippen molar-refractivity contribution in [1.29, 1.82) is 5.26 Å². The summed E-state index contributed by atoms with van der Waals surface area (Å²) in [6.45, 7) is -1.08. The highest BCUT2D eigenvalue weighted by molar-refractivity contribution is 5.11. The van der Waals surface area contributed by atoms with Gasteiger partial charge >= 0.3 is 6.18 Å². The highest BCUT2D eigenvalue weighted by atomic mass is 19.4. The van der Waals surface area contributed by atoms with E-state index in [1.165, 1.54) is 6.42 Å². The van der Waals surface area contributed by atoms with Crippen LogP contribution in [0.5, 0.6) is 0 Å². The van der Waals surface area contributed by atoms with Gasteiger partial charge in [-0.2, -0.15) is 18.4 Å². The van der Waals surface area contributed by atoms with E-state index in [9.17, 15) is 18.4 Å². The van der Waals surface area contributed by atoms with Crippen molar-refractivity contribution in [2.45, 2.75) is 44.7 Å². The topological polar surface area (TPSA) is 33.0 Å². The lowest BCUT2D eigenvalue weighted by Gasteiger charge is -2.30. The van der Waals surface area contributed by atoms with E-state index in [2.05, 4.69) is 10.8 Å². The maximum Gasteiger partial charge on any atom is 0.411 e. The van der Waals surface area contributed by atoms with E-state index < -0.39 is 12.8 Å². The molecule has 18 heavy (non-hydrogen) atoms. The second-order valence-corrected chi connectivity index (χ2v) is 5.62. The zero-order valence-electron chi connectivity index (χ0n) is 10.3. The van der Waals surface area contributed by atoms with E-state index in [0.29, 0.717) is 24.7 Å². The van der Waals surface area contributed by atoms with Crippen LogP contribution in [0.4, 0.5) is 13.2 Å². The van der Waals surface area contributed by atoms with E-state index in [4.69, 9.17) is 0 Å². The Bertz CT molecular complexity index is 336. The SMILES string of the molecule is N#CC1(CCCOCC(F)(F)F)CC2CCC1C2. The fourth-order valence-electron chi connectivity index (χ4n) is 3.62. The molecule has 0 aromatic heterocycles. The molecule has 2 bridgehead atoms. The molecule has 0 N–H and O–H groups in total. The van der Waals surface area contributed by atoms with E-state index >= 15 is 0 Å². The first-order chi connectivity index (χ1) is 8.45. The normalized spacial score (nSPS) is 34.8. The van der Waals surface area contributed by atoms with E-state index in [1.807, 2.05) is 0 Å². The summed E-state index contributed by atoms with van der Waals surface area (Å²) in [6, 6.07) is 2.44. The third kappa shape index (κ3) is 2.97. The van der Waals surface area contributed by atoms with Gasteiger partial charge in [-0.15, -0.1) is 0 Å². The molecule has 2 nitrogen and oxygen atoms in total. The number of ether oxygens (including phenoxy) is 1. The highest BCUT2D eigenvalue weighted by Gasteiger charge is 2.50. The molecular formula is C13H18F3NO. The second-order valence-electron chi connectivity index (χ2n) is 5.62. The quantitative estimate of drug-likeness (QED) is 0.707. The maximum atomic E-state index is 11.9. The smallest absolute Gasteiger partial charge is 0.372 e. The lowest BCUT2D eigenvalue weighted by molar-refractivity contribution is -0.174. The lowest BCUT2D eigenvalue weighted by Crippen LogP contribution is -2.26. The van der Waals surface area contributed by atoms with Crippen LogP contribution in [0, 0.1) is 28.6 Å². The Morgan fingerprint density at radius 1 is 1.33 bits per heavy atom. The Hall–Kier alpha value is -0.760. The first-order valence-electron chi connectivity index (χ1n) is 6.51. The maximum absolute atomic E-state index is 11.9. The molecule has 0 aliphatic heterocycles. The van der Waals surface area contributed by atoms with Gasteiger partial charge < -0.3 is 4.74 Å². The van der Waals surface area contributed by atoms with Crippen LogP contribution in [0.1, 0.15) is 38.5 Å². The molecule has 3 atom stereocenters. The minimum atomic E-state index is -4.25. The van der Waals surface area contributed by atoms with Gasteiger partial charge in [0.05, 0.1) is 11.5 Å². The van der Waals surface area contributed by atoms with Crippen LogP contribution >= 0.6 is 0 Å². The molecule has 0 saturated heterocycles. The number of hydrogen-bond donors (Lipinski definition) is 0. The predicted octanol–water partition coefficient (Wildman–Crippen LogP) is 3.68. The number of alkyl halides is 3. The summed E-state index contributed by atoms with van der Waals surface area (Å²) in [4.78, 5) is 0. The Balaban J connectivity index is 1.71. The molecule has 2 rings (SSSR count). The van der Waals surface area contributed by atoms with Crippen molar-refractivity contribution in [3.63, 3.8) is 0 Å². The number of fused-ring (bicyclic) bond motifs is 2. The fourth-order valence-corrected chi connectivity index (χ4v) is 3.62. The average molecular weight is 261 g/mol. The first-order valence-corrected chi connectivity index (χ1v) is 6.51. The van der Waals surface area contributed by atoms with Gasteiger partial charge in [-0.1, -0.05) is 6.42 Å². The molecule has 0 aromatic carbocycles. The minimum Gasteiger partial charge on any atom is -0.372 e. The van der Waals surface area contributed by atoms with Gasteiger partial charge in [0.15, 0.2) is 0 Å². The van der Waals surface area contributed by atoms with Gasteiger partial charge in [0.2, 0.25) is 0 Å². The summed E-state index contributed by atoms with van der Waals surface area (Å²) in [5.41, 5.74) is -0.273. The molecule has 2 aliphatic carbocycles. The molecule has 0 amide bonds. The molecule has 0 aromatic rings.